The van der Waals surface area contributed by atoms with Crippen LogP contribution >= 0.6 is 24.0 Å². The summed E-state index contributed by atoms with van der Waals surface area (Å²) in [5.74, 6) is 1.10. The van der Waals surface area contributed by atoms with Crippen molar-refractivity contribution in [3.63, 3.8) is 0 Å². The molecule has 1 aliphatic carbocycles. The SMILES string of the molecule is CCC(CNC(=NC)NCCS(=O)(=O)NCC1CCC1)Oc1cccc(F)c1.I. The molecule has 1 aromatic rings. The van der Waals surface area contributed by atoms with Gasteiger partial charge in [0, 0.05) is 26.2 Å². The minimum absolute atomic E-state index is 0. The van der Waals surface area contributed by atoms with E-state index in [4.69, 9.17) is 4.74 Å². The van der Waals surface area contributed by atoms with E-state index in [-0.39, 0.29) is 48.2 Å². The van der Waals surface area contributed by atoms with E-state index in [1.165, 1.54) is 18.6 Å². The molecule has 0 heterocycles. The Bertz CT molecular complexity index is 745. The van der Waals surface area contributed by atoms with Crippen LogP contribution in [0.15, 0.2) is 29.3 Å². The highest BCUT2D eigenvalue weighted by molar-refractivity contribution is 14.0. The average molecular weight is 542 g/mol. The van der Waals surface area contributed by atoms with E-state index in [9.17, 15) is 12.8 Å². The van der Waals surface area contributed by atoms with Gasteiger partial charge >= 0.3 is 0 Å². The molecule has 3 N–H and O–H groups in total. The Kier molecular flexibility index (Phi) is 11.8. The molecule has 1 fully saturated rings. The van der Waals surface area contributed by atoms with Crippen molar-refractivity contribution in [3.8, 4) is 5.75 Å². The number of halogens is 2. The van der Waals surface area contributed by atoms with E-state index in [0.717, 1.165) is 19.3 Å². The summed E-state index contributed by atoms with van der Waals surface area (Å²) in [6.07, 6.45) is 3.95. The van der Waals surface area contributed by atoms with E-state index in [0.29, 0.717) is 30.7 Å². The number of rotatable bonds is 11. The largest absolute Gasteiger partial charge is 0.489 e. The molecule has 1 atom stereocenters. The number of sulfonamides is 1. The lowest BCUT2D eigenvalue weighted by Gasteiger charge is -2.25. The van der Waals surface area contributed by atoms with Crippen molar-refractivity contribution in [1.29, 1.82) is 0 Å². The molecule has 1 aliphatic rings. The number of hydrogen-bond acceptors (Lipinski definition) is 4. The van der Waals surface area contributed by atoms with Gasteiger partial charge in [-0.25, -0.2) is 17.5 Å². The highest BCUT2D eigenvalue weighted by atomic mass is 127. The fourth-order valence-corrected chi connectivity index (χ4v) is 3.76. The van der Waals surface area contributed by atoms with Gasteiger partial charge in [-0.15, -0.1) is 24.0 Å². The zero-order valence-corrected chi connectivity index (χ0v) is 20.1. The van der Waals surface area contributed by atoms with Crippen LogP contribution in [0.3, 0.4) is 0 Å². The van der Waals surface area contributed by atoms with E-state index in [2.05, 4.69) is 20.3 Å². The Labute approximate surface area is 190 Å². The molecular weight excluding hydrogens is 510 g/mol. The fourth-order valence-electron chi connectivity index (χ4n) is 2.75. The molecule has 7 nitrogen and oxygen atoms in total. The number of hydrogen-bond donors (Lipinski definition) is 3. The minimum atomic E-state index is -3.29. The molecule has 1 unspecified atom stereocenters. The van der Waals surface area contributed by atoms with Crippen LogP contribution in [0, 0.1) is 11.7 Å². The average Bonchev–Trinajstić information content (AvgIpc) is 2.61. The number of ether oxygens (including phenoxy) is 1. The normalized spacial score (nSPS) is 15.8. The molecule has 29 heavy (non-hydrogen) atoms. The van der Waals surface area contributed by atoms with E-state index < -0.39 is 10.0 Å². The summed E-state index contributed by atoms with van der Waals surface area (Å²) < 4.78 is 45.8. The molecular formula is C19H32FIN4O3S. The van der Waals surface area contributed by atoms with Crippen molar-refractivity contribution in [2.24, 2.45) is 10.9 Å². The topological polar surface area (TPSA) is 91.8 Å². The summed E-state index contributed by atoms with van der Waals surface area (Å²) in [6.45, 7) is 3.22. The van der Waals surface area contributed by atoms with Crippen molar-refractivity contribution in [3.05, 3.63) is 30.1 Å². The zero-order valence-electron chi connectivity index (χ0n) is 17.0. The summed E-state index contributed by atoms with van der Waals surface area (Å²) in [7, 11) is -1.67. The smallest absolute Gasteiger partial charge is 0.213 e. The lowest BCUT2D eigenvalue weighted by Crippen LogP contribution is -2.44. The number of benzene rings is 1. The molecule has 10 heteroatoms. The highest BCUT2D eigenvalue weighted by Crippen LogP contribution is 2.25. The van der Waals surface area contributed by atoms with Gasteiger partial charge in [0.1, 0.15) is 17.7 Å². The molecule has 2 rings (SSSR count). The van der Waals surface area contributed by atoms with Crippen LogP contribution in [0.5, 0.6) is 5.75 Å². The van der Waals surface area contributed by atoms with Gasteiger partial charge in [-0.1, -0.05) is 19.4 Å². The third-order valence-electron chi connectivity index (χ3n) is 4.75. The predicted molar refractivity (Wildman–Crippen MR) is 125 cm³/mol. The third-order valence-corrected chi connectivity index (χ3v) is 6.10. The maximum Gasteiger partial charge on any atom is 0.213 e. The van der Waals surface area contributed by atoms with Gasteiger partial charge in [0.2, 0.25) is 10.0 Å². The first-order chi connectivity index (χ1) is 13.4. The Morgan fingerprint density at radius 1 is 1.34 bits per heavy atom. The highest BCUT2D eigenvalue weighted by Gasteiger charge is 2.20. The maximum atomic E-state index is 13.3. The lowest BCUT2D eigenvalue weighted by molar-refractivity contribution is 0.199. The second-order valence-electron chi connectivity index (χ2n) is 6.95. The van der Waals surface area contributed by atoms with E-state index in [1.807, 2.05) is 6.92 Å². The number of nitrogens with one attached hydrogen (secondary N) is 3. The van der Waals surface area contributed by atoms with Crippen molar-refractivity contribution in [2.75, 3.05) is 32.4 Å². The van der Waals surface area contributed by atoms with Crippen molar-refractivity contribution >= 4 is 40.0 Å². The second-order valence-corrected chi connectivity index (χ2v) is 8.88. The molecule has 0 spiro atoms. The predicted octanol–water partition coefficient (Wildman–Crippen LogP) is 2.49. The molecule has 0 saturated heterocycles. The van der Waals surface area contributed by atoms with Crippen molar-refractivity contribution in [1.82, 2.24) is 15.4 Å². The summed E-state index contributed by atoms with van der Waals surface area (Å²) >= 11 is 0. The Morgan fingerprint density at radius 3 is 2.69 bits per heavy atom. The van der Waals surface area contributed by atoms with Gasteiger partial charge in [0.25, 0.3) is 0 Å². The molecule has 0 aromatic heterocycles. The number of nitrogens with zero attached hydrogens (tertiary/aromatic N) is 1. The third kappa shape index (κ3) is 9.94. The van der Waals surface area contributed by atoms with Crippen LogP contribution in [-0.4, -0.2) is 52.9 Å². The van der Waals surface area contributed by atoms with Crippen LogP contribution in [0.25, 0.3) is 0 Å². The Balaban J connectivity index is 0.00000420. The second kappa shape index (κ2) is 13.2. The summed E-state index contributed by atoms with van der Waals surface area (Å²) in [6, 6.07) is 6.02. The molecule has 0 radical (unpaired) electrons. The molecule has 1 aromatic carbocycles. The Hall–Kier alpha value is -1.14. The lowest BCUT2D eigenvalue weighted by atomic mass is 9.86. The van der Waals surface area contributed by atoms with Gasteiger partial charge in [0.15, 0.2) is 5.96 Å². The monoisotopic (exact) mass is 542 g/mol. The number of aliphatic imine (C=N–C) groups is 1. The van der Waals surface area contributed by atoms with Gasteiger partial charge in [-0.05, 0) is 37.3 Å². The van der Waals surface area contributed by atoms with Crippen molar-refractivity contribution in [2.45, 2.75) is 38.7 Å². The molecule has 0 bridgehead atoms. The standard InChI is InChI=1S/C19H31FN4O3S.HI/c1-3-17(27-18-9-5-8-16(20)12-18)14-23-19(21-2)22-10-11-28(25,26)24-13-15-6-4-7-15;/h5,8-9,12,15,17,24H,3-4,6-7,10-11,13-14H2,1-2H3,(H2,21,22,23);1H. The van der Waals surface area contributed by atoms with Crippen LogP contribution < -0.4 is 20.1 Å². The summed E-state index contributed by atoms with van der Waals surface area (Å²) in [4.78, 5) is 4.10. The van der Waals surface area contributed by atoms with Crippen molar-refractivity contribution < 1.29 is 17.5 Å². The maximum absolute atomic E-state index is 13.3. The number of guanidine groups is 1. The molecule has 1 saturated carbocycles. The van der Waals surface area contributed by atoms with Gasteiger partial charge in [-0.2, -0.15) is 0 Å². The Morgan fingerprint density at radius 2 is 2.10 bits per heavy atom. The van der Waals surface area contributed by atoms with Gasteiger partial charge in [-0.3, -0.25) is 4.99 Å². The summed E-state index contributed by atoms with van der Waals surface area (Å²) in [5.41, 5.74) is 0. The van der Waals surface area contributed by atoms with Crippen LogP contribution in [-0.2, 0) is 10.0 Å². The molecule has 0 aliphatic heterocycles. The minimum Gasteiger partial charge on any atom is -0.489 e. The first-order valence-corrected chi connectivity index (χ1v) is 11.4. The quantitative estimate of drug-likeness (QED) is 0.227. The first-order valence-electron chi connectivity index (χ1n) is 9.76. The van der Waals surface area contributed by atoms with E-state index in [1.54, 1.807) is 19.2 Å². The summed E-state index contributed by atoms with van der Waals surface area (Å²) in [5, 5.41) is 6.11. The van der Waals surface area contributed by atoms with Crippen LogP contribution in [0.2, 0.25) is 0 Å². The van der Waals surface area contributed by atoms with Crippen LogP contribution in [0.4, 0.5) is 4.39 Å². The fraction of sp³-hybridized carbons (Fsp3) is 0.632. The van der Waals surface area contributed by atoms with Gasteiger partial charge < -0.3 is 15.4 Å². The molecule has 0 amide bonds. The first kappa shape index (κ1) is 25.9. The van der Waals surface area contributed by atoms with E-state index >= 15 is 0 Å². The van der Waals surface area contributed by atoms with Crippen LogP contribution in [0.1, 0.15) is 32.6 Å². The van der Waals surface area contributed by atoms with Gasteiger partial charge in [0.05, 0.1) is 12.3 Å². The molecule has 166 valence electrons. The zero-order chi connectivity index (χ0) is 20.4.